The van der Waals surface area contributed by atoms with Crippen LogP contribution in [0.1, 0.15) is 32.1 Å². The molecule has 0 amide bonds. The highest BCUT2D eigenvalue weighted by Gasteiger charge is 2.54. The number of piperidine rings is 2. The molecular weight excluding hydrogens is 292 g/mol. The van der Waals surface area contributed by atoms with Crippen LogP contribution in [0.5, 0.6) is 0 Å². The van der Waals surface area contributed by atoms with Crippen molar-refractivity contribution in [3.63, 3.8) is 0 Å². The lowest BCUT2D eigenvalue weighted by molar-refractivity contribution is -0.158. The molecule has 124 valence electrons. The lowest BCUT2D eigenvalue weighted by Gasteiger charge is -2.53. The molecule has 1 aliphatic carbocycles. The number of rotatable bonds is 4. The van der Waals surface area contributed by atoms with E-state index < -0.39 is 11.4 Å². The predicted octanol–water partition coefficient (Wildman–Crippen LogP) is 1.63. The molecule has 0 radical (unpaired) electrons. The van der Waals surface area contributed by atoms with E-state index in [1.165, 1.54) is 12.8 Å². The molecule has 0 spiro atoms. The second-order valence-corrected chi connectivity index (χ2v) is 7.28. The van der Waals surface area contributed by atoms with Gasteiger partial charge in [0, 0.05) is 38.1 Å². The first kappa shape index (κ1) is 14.9. The standard InChI is InChI=1S/C17H24N4O2/c22-15(23)17-6-1-9-20(11-13-3-4-13)14(17)5-10-21(12-17)16-18-7-2-8-19-16/h2,7-8,13-14H,1,3-6,9-12H2,(H,22,23)/t14-,17+/m1/s1. The van der Waals surface area contributed by atoms with Crippen LogP contribution in [0.15, 0.2) is 18.5 Å². The smallest absolute Gasteiger partial charge is 0.313 e. The van der Waals surface area contributed by atoms with E-state index in [4.69, 9.17) is 0 Å². The summed E-state index contributed by atoms with van der Waals surface area (Å²) in [5.74, 6) is 0.810. The van der Waals surface area contributed by atoms with Crippen LogP contribution >= 0.6 is 0 Å². The van der Waals surface area contributed by atoms with E-state index in [9.17, 15) is 9.90 Å². The Morgan fingerprint density at radius 1 is 1.26 bits per heavy atom. The zero-order chi connectivity index (χ0) is 15.9. The fourth-order valence-electron chi connectivity index (χ4n) is 4.40. The number of aromatic nitrogens is 2. The van der Waals surface area contributed by atoms with Gasteiger partial charge in [-0.25, -0.2) is 9.97 Å². The SMILES string of the molecule is O=C(O)[C@]12CCCN(CC3CC3)[C@@H]1CCN(c1ncccn1)C2. The second-order valence-electron chi connectivity index (χ2n) is 7.28. The summed E-state index contributed by atoms with van der Waals surface area (Å²) in [6.45, 7) is 3.50. The van der Waals surface area contributed by atoms with Crippen molar-refractivity contribution < 1.29 is 9.90 Å². The van der Waals surface area contributed by atoms with E-state index in [1.807, 2.05) is 0 Å². The van der Waals surface area contributed by atoms with Crippen molar-refractivity contribution in [3.8, 4) is 0 Å². The van der Waals surface area contributed by atoms with Crippen molar-refractivity contribution in [1.82, 2.24) is 14.9 Å². The third kappa shape index (κ3) is 2.69. The maximum atomic E-state index is 12.2. The van der Waals surface area contributed by atoms with Crippen LogP contribution in [0.2, 0.25) is 0 Å². The first-order valence-corrected chi connectivity index (χ1v) is 8.68. The van der Waals surface area contributed by atoms with Crippen molar-refractivity contribution in [2.75, 3.05) is 31.1 Å². The molecule has 3 heterocycles. The van der Waals surface area contributed by atoms with Crippen molar-refractivity contribution in [3.05, 3.63) is 18.5 Å². The number of aliphatic carboxylic acids is 1. The quantitative estimate of drug-likeness (QED) is 0.910. The molecule has 2 saturated heterocycles. The van der Waals surface area contributed by atoms with Gasteiger partial charge < -0.3 is 10.0 Å². The average Bonchev–Trinajstić information content (AvgIpc) is 3.39. The van der Waals surface area contributed by atoms with Gasteiger partial charge in [-0.2, -0.15) is 0 Å². The maximum Gasteiger partial charge on any atom is 0.313 e. The van der Waals surface area contributed by atoms with Gasteiger partial charge in [0.2, 0.25) is 5.95 Å². The van der Waals surface area contributed by atoms with Gasteiger partial charge in [0.15, 0.2) is 0 Å². The van der Waals surface area contributed by atoms with Gasteiger partial charge in [-0.3, -0.25) is 9.69 Å². The van der Waals surface area contributed by atoms with Gasteiger partial charge in [0.25, 0.3) is 0 Å². The van der Waals surface area contributed by atoms with Gasteiger partial charge in [0.05, 0.1) is 0 Å². The third-order valence-corrected chi connectivity index (χ3v) is 5.74. The average molecular weight is 316 g/mol. The van der Waals surface area contributed by atoms with E-state index >= 15 is 0 Å². The molecule has 1 aromatic rings. The second kappa shape index (κ2) is 5.74. The van der Waals surface area contributed by atoms with Gasteiger partial charge in [-0.15, -0.1) is 0 Å². The lowest BCUT2D eigenvalue weighted by Crippen LogP contribution is -2.64. The number of anilines is 1. The number of fused-ring (bicyclic) bond motifs is 1. The van der Waals surface area contributed by atoms with E-state index in [0.29, 0.717) is 12.5 Å². The first-order chi connectivity index (χ1) is 11.2. The first-order valence-electron chi connectivity index (χ1n) is 8.68. The number of hydrogen-bond acceptors (Lipinski definition) is 5. The summed E-state index contributed by atoms with van der Waals surface area (Å²) in [6, 6.07) is 1.95. The molecule has 6 nitrogen and oxygen atoms in total. The highest BCUT2D eigenvalue weighted by Crippen LogP contribution is 2.44. The summed E-state index contributed by atoms with van der Waals surface area (Å²) in [4.78, 5) is 25.4. The van der Waals surface area contributed by atoms with Crippen LogP contribution in [-0.4, -0.2) is 58.2 Å². The minimum absolute atomic E-state index is 0.161. The maximum absolute atomic E-state index is 12.2. The minimum atomic E-state index is -0.676. The van der Waals surface area contributed by atoms with Crippen LogP contribution in [0.4, 0.5) is 5.95 Å². The molecule has 2 aliphatic heterocycles. The van der Waals surface area contributed by atoms with Crippen LogP contribution in [-0.2, 0) is 4.79 Å². The topological polar surface area (TPSA) is 69.6 Å². The number of hydrogen-bond donors (Lipinski definition) is 1. The molecule has 1 N–H and O–H groups in total. The predicted molar refractivity (Wildman–Crippen MR) is 86.2 cm³/mol. The van der Waals surface area contributed by atoms with Crippen LogP contribution in [0, 0.1) is 11.3 Å². The Balaban J connectivity index is 1.59. The summed E-state index contributed by atoms with van der Waals surface area (Å²) in [5, 5.41) is 10.1. The molecule has 0 bridgehead atoms. The van der Waals surface area contributed by atoms with Crippen LogP contribution in [0.25, 0.3) is 0 Å². The Morgan fingerprint density at radius 2 is 2.04 bits per heavy atom. The van der Waals surface area contributed by atoms with Crippen LogP contribution < -0.4 is 4.90 Å². The van der Waals surface area contributed by atoms with Crippen molar-refractivity contribution in [2.45, 2.75) is 38.1 Å². The highest BCUT2D eigenvalue weighted by atomic mass is 16.4. The molecule has 6 heteroatoms. The number of likely N-dealkylation sites (tertiary alicyclic amines) is 1. The summed E-state index contributed by atoms with van der Waals surface area (Å²) in [6.07, 6.45) is 8.69. The number of nitrogens with zero attached hydrogens (tertiary/aromatic N) is 4. The molecule has 4 rings (SSSR count). The molecule has 2 atom stereocenters. The Labute approximate surface area is 136 Å². The fraction of sp³-hybridized carbons (Fsp3) is 0.706. The zero-order valence-corrected chi connectivity index (χ0v) is 13.4. The summed E-state index contributed by atoms with van der Waals surface area (Å²) in [5.41, 5.74) is -0.676. The van der Waals surface area contributed by atoms with E-state index in [-0.39, 0.29) is 6.04 Å². The van der Waals surface area contributed by atoms with E-state index in [0.717, 1.165) is 44.8 Å². The minimum Gasteiger partial charge on any atom is -0.481 e. The van der Waals surface area contributed by atoms with Crippen molar-refractivity contribution >= 4 is 11.9 Å². The van der Waals surface area contributed by atoms with E-state index in [1.54, 1.807) is 18.5 Å². The number of carboxylic acids is 1. The lowest BCUT2D eigenvalue weighted by atomic mass is 9.69. The molecule has 1 saturated carbocycles. The van der Waals surface area contributed by atoms with Gasteiger partial charge in [0.1, 0.15) is 5.41 Å². The van der Waals surface area contributed by atoms with Crippen molar-refractivity contribution in [1.29, 1.82) is 0 Å². The van der Waals surface area contributed by atoms with Gasteiger partial charge >= 0.3 is 5.97 Å². The normalized spacial score (nSPS) is 31.7. The monoisotopic (exact) mass is 316 g/mol. The molecule has 0 aromatic carbocycles. The molecular formula is C17H24N4O2. The summed E-state index contributed by atoms with van der Waals surface area (Å²) < 4.78 is 0. The summed E-state index contributed by atoms with van der Waals surface area (Å²) in [7, 11) is 0. The molecule has 3 fully saturated rings. The molecule has 3 aliphatic rings. The third-order valence-electron chi connectivity index (χ3n) is 5.74. The van der Waals surface area contributed by atoms with Crippen LogP contribution in [0.3, 0.4) is 0 Å². The fourth-order valence-corrected chi connectivity index (χ4v) is 4.40. The zero-order valence-electron chi connectivity index (χ0n) is 13.4. The Morgan fingerprint density at radius 3 is 2.74 bits per heavy atom. The highest BCUT2D eigenvalue weighted by molar-refractivity contribution is 5.77. The van der Waals surface area contributed by atoms with Gasteiger partial charge in [-0.05, 0) is 50.6 Å². The molecule has 1 aromatic heterocycles. The Hall–Kier alpha value is -1.69. The van der Waals surface area contributed by atoms with Crippen molar-refractivity contribution in [2.24, 2.45) is 11.3 Å². The van der Waals surface area contributed by atoms with E-state index in [2.05, 4.69) is 19.8 Å². The molecule has 23 heavy (non-hydrogen) atoms. The Kier molecular flexibility index (Phi) is 3.71. The molecule has 0 unspecified atom stereocenters. The Bertz CT molecular complexity index is 577. The number of carbonyl (C=O) groups is 1. The largest absolute Gasteiger partial charge is 0.481 e. The van der Waals surface area contributed by atoms with Gasteiger partial charge in [-0.1, -0.05) is 0 Å². The summed E-state index contributed by atoms with van der Waals surface area (Å²) >= 11 is 0. The number of carboxylic acid groups (broad SMARTS) is 1.